The van der Waals surface area contributed by atoms with E-state index in [-0.39, 0.29) is 17.1 Å². The van der Waals surface area contributed by atoms with Gasteiger partial charge in [0.15, 0.2) is 0 Å². The van der Waals surface area contributed by atoms with Gasteiger partial charge in [0.2, 0.25) is 0 Å². The Labute approximate surface area is 159 Å². The van der Waals surface area contributed by atoms with E-state index in [9.17, 15) is 5.11 Å². The number of hydrogen-bond acceptors (Lipinski definition) is 2. The molecule has 3 heteroatoms. The van der Waals surface area contributed by atoms with E-state index >= 15 is 0 Å². The van der Waals surface area contributed by atoms with Crippen LogP contribution in [0.25, 0.3) is 0 Å². The third-order valence-corrected chi connectivity index (χ3v) is 11.4. The second-order valence-corrected chi connectivity index (χ2v) is 13.5. The Balaban J connectivity index is 2.04. The summed E-state index contributed by atoms with van der Waals surface area (Å²) in [6.45, 7) is 12.4. The molecule has 140 valence electrons. The van der Waals surface area contributed by atoms with Crippen molar-refractivity contribution in [2.45, 2.75) is 39.7 Å². The predicted octanol–water partition coefficient (Wildman–Crippen LogP) is 3.83. The van der Waals surface area contributed by atoms with Crippen molar-refractivity contribution in [3.63, 3.8) is 0 Å². The molecule has 2 nitrogen and oxygen atoms in total. The molecule has 26 heavy (non-hydrogen) atoms. The first-order valence-electron chi connectivity index (χ1n) is 9.61. The van der Waals surface area contributed by atoms with Gasteiger partial charge in [-0.05, 0) is 32.7 Å². The lowest BCUT2D eigenvalue weighted by atomic mass is 10.1. The van der Waals surface area contributed by atoms with Crippen LogP contribution in [-0.2, 0) is 4.43 Å². The average molecular weight is 369 g/mol. The fourth-order valence-corrected chi connectivity index (χ4v) is 9.11. The predicted molar refractivity (Wildman–Crippen MR) is 111 cm³/mol. The van der Waals surface area contributed by atoms with E-state index in [2.05, 4.69) is 95.3 Å². The van der Waals surface area contributed by atoms with E-state index in [4.69, 9.17) is 4.43 Å². The van der Waals surface area contributed by atoms with Gasteiger partial charge in [0.05, 0.1) is 0 Å². The second-order valence-electron chi connectivity index (χ2n) is 9.19. The zero-order valence-corrected chi connectivity index (χ0v) is 17.7. The quantitative estimate of drug-likeness (QED) is 0.785. The highest BCUT2D eigenvalue weighted by Gasteiger charge is 2.59. The molecule has 0 heterocycles. The molecule has 0 bridgehead atoms. The summed E-state index contributed by atoms with van der Waals surface area (Å²) < 4.78 is 6.99. The monoisotopic (exact) mass is 368 g/mol. The minimum atomic E-state index is -2.46. The summed E-state index contributed by atoms with van der Waals surface area (Å²) in [5.74, 6) is 0.773. The highest BCUT2D eigenvalue weighted by atomic mass is 28.4. The molecular weight excluding hydrogens is 336 g/mol. The van der Waals surface area contributed by atoms with Gasteiger partial charge in [0.25, 0.3) is 8.32 Å². The van der Waals surface area contributed by atoms with Crippen LogP contribution < -0.4 is 10.4 Å². The van der Waals surface area contributed by atoms with Gasteiger partial charge in [-0.2, -0.15) is 0 Å². The summed E-state index contributed by atoms with van der Waals surface area (Å²) in [5, 5.41) is 12.3. The molecule has 2 aromatic carbocycles. The molecule has 3 rings (SSSR count). The van der Waals surface area contributed by atoms with Crippen molar-refractivity contribution in [2.24, 2.45) is 17.3 Å². The van der Waals surface area contributed by atoms with E-state index in [0.29, 0.717) is 18.4 Å². The lowest BCUT2D eigenvalue weighted by Crippen LogP contribution is -2.66. The Hall–Kier alpha value is -1.42. The van der Waals surface area contributed by atoms with Gasteiger partial charge in [-0.25, -0.2) is 0 Å². The molecule has 1 aliphatic carbocycles. The molecule has 2 aromatic rings. The number of aliphatic hydroxyl groups is 1. The fraction of sp³-hybridized carbons (Fsp3) is 0.478. The molecule has 0 aromatic heterocycles. The van der Waals surface area contributed by atoms with E-state index in [1.807, 2.05) is 0 Å². The zero-order chi connectivity index (χ0) is 19.0. The average Bonchev–Trinajstić information content (AvgIpc) is 3.15. The van der Waals surface area contributed by atoms with E-state index in [0.717, 1.165) is 0 Å². The third-order valence-electron chi connectivity index (χ3n) is 6.38. The zero-order valence-electron chi connectivity index (χ0n) is 16.7. The highest BCUT2D eigenvalue weighted by Crippen LogP contribution is 2.58. The summed E-state index contributed by atoms with van der Waals surface area (Å²) in [6, 6.07) is 21.5. The lowest BCUT2D eigenvalue weighted by Gasteiger charge is -2.43. The molecule has 1 fully saturated rings. The molecule has 1 N–H and O–H groups in total. The number of benzene rings is 2. The second kappa shape index (κ2) is 6.95. The SMILES string of the molecule is CC1(C)[C@H](CO)[C@@H]1CO[Si](c1ccccc1)(c1ccccc1)C(C)(C)C. The minimum Gasteiger partial charge on any atom is -0.407 e. The summed E-state index contributed by atoms with van der Waals surface area (Å²) >= 11 is 0. The molecule has 1 aliphatic rings. The molecule has 2 atom stereocenters. The summed E-state index contributed by atoms with van der Waals surface area (Å²) in [5.41, 5.74) is 0.167. The number of hydrogen-bond donors (Lipinski definition) is 1. The standard InChI is InChI=1S/C23H32O2Si/c1-22(2,3)26(18-12-8-6-9-13-18,19-14-10-7-11-15-19)25-17-21-20(16-24)23(21,4)5/h6-15,20-21,24H,16-17H2,1-5H3/t20-,21+/m1/s1. The Kier molecular flexibility index (Phi) is 5.17. The lowest BCUT2D eigenvalue weighted by molar-refractivity contribution is 0.236. The fourth-order valence-electron chi connectivity index (χ4n) is 4.53. The van der Waals surface area contributed by atoms with E-state index in [1.54, 1.807) is 0 Å². The molecule has 1 saturated carbocycles. The van der Waals surface area contributed by atoms with Crippen LogP contribution in [0, 0.1) is 17.3 Å². The number of aliphatic hydroxyl groups excluding tert-OH is 1. The van der Waals surface area contributed by atoms with Crippen LogP contribution in [0.1, 0.15) is 34.6 Å². The first-order valence-corrected chi connectivity index (χ1v) is 11.5. The maximum atomic E-state index is 9.69. The Morgan fingerprint density at radius 1 is 0.885 bits per heavy atom. The van der Waals surface area contributed by atoms with Crippen molar-refractivity contribution in [2.75, 3.05) is 13.2 Å². The summed E-state index contributed by atoms with van der Waals surface area (Å²) in [6.07, 6.45) is 0. The van der Waals surface area contributed by atoms with Crippen molar-refractivity contribution in [3.8, 4) is 0 Å². The molecule has 0 aliphatic heterocycles. The number of rotatable bonds is 6. The molecule has 0 radical (unpaired) electrons. The van der Waals surface area contributed by atoms with Gasteiger partial charge < -0.3 is 9.53 Å². The van der Waals surface area contributed by atoms with Gasteiger partial charge in [-0.3, -0.25) is 0 Å². The van der Waals surface area contributed by atoms with Gasteiger partial charge >= 0.3 is 0 Å². The van der Waals surface area contributed by atoms with Crippen LogP contribution in [-0.4, -0.2) is 26.6 Å². The minimum absolute atomic E-state index is 0.00342. The van der Waals surface area contributed by atoms with Gasteiger partial charge in [0, 0.05) is 13.2 Å². The van der Waals surface area contributed by atoms with Crippen LogP contribution in [0.15, 0.2) is 60.7 Å². The maximum absolute atomic E-state index is 9.69. The maximum Gasteiger partial charge on any atom is 0.261 e. The van der Waals surface area contributed by atoms with E-state index in [1.165, 1.54) is 10.4 Å². The smallest absolute Gasteiger partial charge is 0.261 e. The first-order chi connectivity index (χ1) is 12.2. The van der Waals surface area contributed by atoms with Crippen molar-refractivity contribution in [1.29, 1.82) is 0 Å². The van der Waals surface area contributed by atoms with Crippen molar-refractivity contribution < 1.29 is 9.53 Å². The summed E-state index contributed by atoms with van der Waals surface area (Å²) in [4.78, 5) is 0. The Bertz CT molecular complexity index is 679. The van der Waals surface area contributed by atoms with Crippen LogP contribution in [0.4, 0.5) is 0 Å². The normalized spacial score (nSPS) is 22.2. The van der Waals surface area contributed by atoms with Crippen LogP contribution in [0.2, 0.25) is 5.04 Å². The van der Waals surface area contributed by atoms with Crippen LogP contribution in [0.5, 0.6) is 0 Å². The van der Waals surface area contributed by atoms with Crippen LogP contribution >= 0.6 is 0 Å². The van der Waals surface area contributed by atoms with Crippen molar-refractivity contribution in [1.82, 2.24) is 0 Å². The summed E-state index contributed by atoms with van der Waals surface area (Å²) in [7, 11) is -2.46. The molecule has 0 amide bonds. The van der Waals surface area contributed by atoms with Crippen molar-refractivity contribution in [3.05, 3.63) is 60.7 Å². The highest BCUT2D eigenvalue weighted by molar-refractivity contribution is 6.99. The molecule has 0 unspecified atom stereocenters. The van der Waals surface area contributed by atoms with Gasteiger partial charge in [-0.1, -0.05) is 95.3 Å². The topological polar surface area (TPSA) is 29.5 Å². The molecule has 0 saturated heterocycles. The molecular formula is C23H32O2Si. The van der Waals surface area contributed by atoms with Crippen molar-refractivity contribution >= 4 is 18.7 Å². The third kappa shape index (κ3) is 3.17. The molecule has 0 spiro atoms. The van der Waals surface area contributed by atoms with E-state index < -0.39 is 8.32 Å². The first kappa shape index (κ1) is 19.3. The van der Waals surface area contributed by atoms with Crippen LogP contribution in [0.3, 0.4) is 0 Å². The largest absolute Gasteiger partial charge is 0.407 e. The Morgan fingerprint density at radius 3 is 1.69 bits per heavy atom. The van der Waals surface area contributed by atoms with Gasteiger partial charge in [-0.15, -0.1) is 0 Å². The Morgan fingerprint density at radius 2 is 1.35 bits per heavy atom. The van der Waals surface area contributed by atoms with Gasteiger partial charge in [0.1, 0.15) is 0 Å².